The third kappa shape index (κ3) is 1.39. The maximum absolute atomic E-state index is 4.35. The first-order valence-electron chi connectivity index (χ1n) is 4.41. The Bertz CT molecular complexity index is 473. The summed E-state index contributed by atoms with van der Waals surface area (Å²) in [5, 5.41) is 0. The molecule has 0 saturated carbocycles. The Balaban J connectivity index is 2.71. The number of aryl methyl sites for hydroxylation is 1. The highest BCUT2D eigenvalue weighted by Crippen LogP contribution is 2.21. The van der Waals surface area contributed by atoms with Crippen molar-refractivity contribution in [2.45, 2.75) is 6.92 Å². The highest BCUT2D eigenvalue weighted by atomic mass is 79.9. The predicted molar refractivity (Wildman–Crippen MR) is 62.0 cm³/mol. The Kier molecular flexibility index (Phi) is 2.23. The molecular formula is C10H12BrN3. The maximum Gasteiger partial charge on any atom is 0.132 e. The van der Waals surface area contributed by atoms with Crippen LogP contribution in [-0.2, 0) is 0 Å². The molecule has 2 heterocycles. The van der Waals surface area contributed by atoms with Crippen LogP contribution in [0.3, 0.4) is 0 Å². The number of hydrogen-bond acceptors (Lipinski definition) is 2. The van der Waals surface area contributed by atoms with Crippen LogP contribution >= 0.6 is 15.9 Å². The molecule has 2 rings (SSSR count). The van der Waals surface area contributed by atoms with E-state index in [1.54, 1.807) is 0 Å². The Morgan fingerprint density at radius 3 is 2.71 bits per heavy atom. The lowest BCUT2D eigenvalue weighted by atomic mass is 10.3. The molecule has 0 aliphatic rings. The Morgan fingerprint density at radius 1 is 1.36 bits per heavy atom. The third-order valence-corrected chi connectivity index (χ3v) is 2.85. The minimum atomic E-state index is 0.903. The van der Waals surface area contributed by atoms with Crippen molar-refractivity contribution in [3.8, 4) is 0 Å². The van der Waals surface area contributed by atoms with Gasteiger partial charge in [0.15, 0.2) is 0 Å². The van der Waals surface area contributed by atoms with Crippen LogP contribution in [0.15, 0.2) is 22.9 Å². The highest BCUT2D eigenvalue weighted by Gasteiger charge is 2.06. The van der Waals surface area contributed by atoms with E-state index in [4.69, 9.17) is 0 Å². The molecule has 14 heavy (non-hydrogen) atoms. The van der Waals surface area contributed by atoms with Crippen molar-refractivity contribution >= 4 is 27.1 Å². The molecule has 0 unspecified atom stereocenters. The average Bonchev–Trinajstić information content (AvgIpc) is 2.42. The van der Waals surface area contributed by atoms with E-state index in [2.05, 4.69) is 48.5 Å². The number of halogens is 1. The van der Waals surface area contributed by atoms with Gasteiger partial charge >= 0.3 is 0 Å². The van der Waals surface area contributed by atoms with Crippen molar-refractivity contribution in [1.29, 1.82) is 0 Å². The van der Waals surface area contributed by atoms with Gasteiger partial charge in [0.25, 0.3) is 0 Å². The molecular weight excluding hydrogens is 242 g/mol. The molecule has 74 valence electrons. The number of pyridine rings is 1. The van der Waals surface area contributed by atoms with E-state index in [0.717, 1.165) is 15.9 Å². The zero-order valence-electron chi connectivity index (χ0n) is 8.45. The van der Waals surface area contributed by atoms with E-state index in [1.165, 1.54) is 5.69 Å². The van der Waals surface area contributed by atoms with Crippen LogP contribution in [0.4, 0.5) is 5.69 Å². The summed E-state index contributed by atoms with van der Waals surface area (Å²) in [5.41, 5.74) is 2.28. The Hall–Kier alpha value is -1.03. The average molecular weight is 254 g/mol. The quantitative estimate of drug-likeness (QED) is 0.779. The van der Waals surface area contributed by atoms with E-state index < -0.39 is 0 Å². The van der Waals surface area contributed by atoms with Gasteiger partial charge in [-0.1, -0.05) is 0 Å². The van der Waals surface area contributed by atoms with Crippen molar-refractivity contribution in [3.63, 3.8) is 0 Å². The standard InChI is InChI=1S/C10H12BrN3/c1-7-12-10(11)9-5-4-8(13(2)3)6-14(7)9/h4-6H,1-3H3. The van der Waals surface area contributed by atoms with Crippen LogP contribution in [0, 0.1) is 6.92 Å². The van der Waals surface area contributed by atoms with Gasteiger partial charge in [-0.05, 0) is 35.0 Å². The minimum absolute atomic E-state index is 0.903. The smallest absolute Gasteiger partial charge is 0.132 e. The molecule has 0 saturated heterocycles. The number of hydrogen-bond donors (Lipinski definition) is 0. The summed E-state index contributed by atoms with van der Waals surface area (Å²) in [6.45, 7) is 2.00. The van der Waals surface area contributed by atoms with Gasteiger partial charge in [0.05, 0.1) is 11.2 Å². The fourth-order valence-electron chi connectivity index (χ4n) is 1.44. The molecule has 0 radical (unpaired) electrons. The van der Waals surface area contributed by atoms with E-state index in [-0.39, 0.29) is 0 Å². The zero-order chi connectivity index (χ0) is 10.3. The Morgan fingerprint density at radius 2 is 2.07 bits per heavy atom. The van der Waals surface area contributed by atoms with Crippen molar-refractivity contribution in [3.05, 3.63) is 28.8 Å². The van der Waals surface area contributed by atoms with Gasteiger partial charge in [0.1, 0.15) is 10.4 Å². The maximum atomic E-state index is 4.35. The summed E-state index contributed by atoms with van der Waals surface area (Å²) in [4.78, 5) is 6.43. The molecule has 2 aromatic heterocycles. The van der Waals surface area contributed by atoms with Crippen LogP contribution in [0.25, 0.3) is 5.52 Å². The number of aromatic nitrogens is 2. The second kappa shape index (κ2) is 3.28. The van der Waals surface area contributed by atoms with Crippen LogP contribution < -0.4 is 4.90 Å². The molecule has 0 aromatic carbocycles. The number of nitrogens with zero attached hydrogens (tertiary/aromatic N) is 3. The van der Waals surface area contributed by atoms with Gasteiger partial charge in [-0.15, -0.1) is 0 Å². The first-order valence-corrected chi connectivity index (χ1v) is 5.20. The molecule has 3 nitrogen and oxygen atoms in total. The largest absolute Gasteiger partial charge is 0.376 e. The van der Waals surface area contributed by atoms with Crippen molar-refractivity contribution in [2.75, 3.05) is 19.0 Å². The highest BCUT2D eigenvalue weighted by molar-refractivity contribution is 9.10. The lowest BCUT2D eigenvalue weighted by Gasteiger charge is -2.12. The second-order valence-electron chi connectivity index (χ2n) is 3.49. The van der Waals surface area contributed by atoms with Crippen LogP contribution in [-0.4, -0.2) is 23.5 Å². The fraction of sp³-hybridized carbons (Fsp3) is 0.300. The topological polar surface area (TPSA) is 20.5 Å². The van der Waals surface area contributed by atoms with E-state index in [1.807, 2.05) is 21.0 Å². The molecule has 0 amide bonds. The van der Waals surface area contributed by atoms with Crippen LogP contribution in [0.5, 0.6) is 0 Å². The molecule has 0 aliphatic carbocycles. The van der Waals surface area contributed by atoms with E-state index in [9.17, 15) is 0 Å². The summed E-state index contributed by atoms with van der Waals surface area (Å²) in [7, 11) is 4.06. The van der Waals surface area contributed by atoms with Gasteiger partial charge in [0, 0.05) is 20.3 Å². The van der Waals surface area contributed by atoms with Gasteiger partial charge in [-0.25, -0.2) is 4.98 Å². The zero-order valence-corrected chi connectivity index (χ0v) is 10.0. The number of rotatable bonds is 1. The minimum Gasteiger partial charge on any atom is -0.376 e. The van der Waals surface area contributed by atoms with Crippen molar-refractivity contribution < 1.29 is 0 Å². The molecule has 0 bridgehead atoms. The van der Waals surface area contributed by atoms with Crippen LogP contribution in [0.2, 0.25) is 0 Å². The summed E-state index contributed by atoms with van der Waals surface area (Å²) in [6.07, 6.45) is 2.09. The van der Waals surface area contributed by atoms with E-state index in [0.29, 0.717) is 0 Å². The molecule has 4 heteroatoms. The molecule has 0 N–H and O–H groups in total. The normalized spacial score (nSPS) is 10.9. The number of imidazole rings is 1. The van der Waals surface area contributed by atoms with Crippen molar-refractivity contribution in [1.82, 2.24) is 9.38 Å². The molecule has 0 atom stereocenters. The molecule has 2 aromatic rings. The first-order chi connectivity index (χ1) is 6.59. The van der Waals surface area contributed by atoms with Crippen LogP contribution in [0.1, 0.15) is 5.82 Å². The summed E-state index contributed by atoms with van der Waals surface area (Å²) >= 11 is 3.43. The first kappa shape index (κ1) is 9.52. The molecule has 0 aliphatic heterocycles. The van der Waals surface area contributed by atoms with Crippen molar-refractivity contribution in [2.24, 2.45) is 0 Å². The van der Waals surface area contributed by atoms with Gasteiger partial charge in [0.2, 0.25) is 0 Å². The number of fused-ring (bicyclic) bond motifs is 1. The second-order valence-corrected chi connectivity index (χ2v) is 4.24. The van der Waals surface area contributed by atoms with E-state index >= 15 is 0 Å². The SMILES string of the molecule is Cc1nc(Br)c2ccc(N(C)C)cn12. The summed E-state index contributed by atoms with van der Waals surface area (Å²) in [5.74, 6) is 0.996. The summed E-state index contributed by atoms with van der Waals surface area (Å²) < 4.78 is 2.99. The lowest BCUT2D eigenvalue weighted by Crippen LogP contribution is -2.09. The van der Waals surface area contributed by atoms with Gasteiger partial charge in [-0.2, -0.15) is 0 Å². The lowest BCUT2D eigenvalue weighted by molar-refractivity contribution is 1.02. The predicted octanol–water partition coefficient (Wildman–Crippen LogP) is 2.47. The Labute approximate surface area is 91.5 Å². The van der Waals surface area contributed by atoms with Gasteiger partial charge in [-0.3, -0.25) is 0 Å². The fourth-order valence-corrected chi connectivity index (χ4v) is 2.02. The molecule has 0 spiro atoms. The third-order valence-electron chi connectivity index (χ3n) is 2.27. The molecule has 0 fully saturated rings. The van der Waals surface area contributed by atoms with Gasteiger partial charge < -0.3 is 9.30 Å². The number of anilines is 1. The monoisotopic (exact) mass is 253 g/mol. The summed E-state index contributed by atoms with van der Waals surface area (Å²) in [6, 6.07) is 4.15.